The van der Waals surface area contributed by atoms with E-state index in [0.29, 0.717) is 24.0 Å². The highest BCUT2D eigenvalue weighted by Gasteiger charge is 2.25. The number of likely N-dealkylation sites (tertiary alicyclic amines) is 1. The van der Waals surface area contributed by atoms with Crippen molar-refractivity contribution in [1.29, 1.82) is 0 Å². The summed E-state index contributed by atoms with van der Waals surface area (Å²) >= 11 is 3.37. The summed E-state index contributed by atoms with van der Waals surface area (Å²) in [5.74, 6) is 3.59. The van der Waals surface area contributed by atoms with Crippen LogP contribution in [0.2, 0.25) is 0 Å². The fourth-order valence-electron chi connectivity index (χ4n) is 4.63. The van der Waals surface area contributed by atoms with E-state index in [0.717, 1.165) is 47.7 Å². The Balaban J connectivity index is 1.33. The molecule has 2 atom stereocenters. The highest BCUT2D eigenvalue weighted by atomic mass is 32.2. The van der Waals surface area contributed by atoms with Crippen molar-refractivity contribution in [3.63, 3.8) is 0 Å². The Labute approximate surface area is 174 Å². The molecule has 1 aliphatic carbocycles. The zero-order valence-corrected chi connectivity index (χ0v) is 18.4. The van der Waals surface area contributed by atoms with Gasteiger partial charge < -0.3 is 9.88 Å². The number of nitrogens with zero attached hydrogens (tertiary/aromatic N) is 2. The van der Waals surface area contributed by atoms with Gasteiger partial charge in [0.2, 0.25) is 5.91 Å². The van der Waals surface area contributed by atoms with Gasteiger partial charge in [-0.05, 0) is 49.5 Å². The van der Waals surface area contributed by atoms with Crippen LogP contribution in [-0.2, 0) is 23.4 Å². The van der Waals surface area contributed by atoms with E-state index >= 15 is 0 Å². The Morgan fingerprint density at radius 2 is 2.00 bits per heavy atom. The van der Waals surface area contributed by atoms with Gasteiger partial charge in [-0.15, -0.1) is 11.3 Å². The van der Waals surface area contributed by atoms with E-state index in [2.05, 4.69) is 18.8 Å². The third-order valence-corrected chi connectivity index (χ3v) is 7.95. The molecule has 2 aromatic heterocycles. The van der Waals surface area contributed by atoms with Gasteiger partial charge in [-0.2, -0.15) is 11.8 Å². The minimum absolute atomic E-state index is 0.00682. The maximum Gasteiger partial charge on any atom is 0.259 e. The number of H-pyrrole nitrogens is 1. The van der Waals surface area contributed by atoms with E-state index in [1.807, 2.05) is 4.90 Å². The molecule has 2 aliphatic rings. The molecule has 7 heteroatoms. The molecule has 0 aromatic carbocycles. The Morgan fingerprint density at radius 3 is 2.79 bits per heavy atom. The van der Waals surface area contributed by atoms with Crippen LogP contribution < -0.4 is 5.56 Å². The van der Waals surface area contributed by atoms with Gasteiger partial charge >= 0.3 is 0 Å². The van der Waals surface area contributed by atoms with Crippen molar-refractivity contribution in [3.05, 3.63) is 26.6 Å². The minimum Gasteiger partial charge on any atom is -0.342 e. The van der Waals surface area contributed by atoms with Gasteiger partial charge in [-0.1, -0.05) is 13.8 Å². The molecule has 5 nitrogen and oxygen atoms in total. The fraction of sp³-hybridized carbons (Fsp3) is 0.667. The summed E-state index contributed by atoms with van der Waals surface area (Å²) in [6.45, 7) is 6.24. The third-order valence-electron chi connectivity index (χ3n) is 5.79. The number of hydrogen-bond acceptors (Lipinski definition) is 5. The number of amides is 1. The van der Waals surface area contributed by atoms with Gasteiger partial charge in [0.1, 0.15) is 10.7 Å². The van der Waals surface area contributed by atoms with Gasteiger partial charge in [-0.3, -0.25) is 9.59 Å². The number of thiophene rings is 1. The van der Waals surface area contributed by atoms with Gasteiger partial charge in [0, 0.05) is 30.1 Å². The summed E-state index contributed by atoms with van der Waals surface area (Å²) in [6, 6.07) is 0. The summed E-state index contributed by atoms with van der Waals surface area (Å²) in [5.41, 5.74) is 1.24. The van der Waals surface area contributed by atoms with Crippen LogP contribution in [0.5, 0.6) is 0 Å². The highest BCUT2D eigenvalue weighted by molar-refractivity contribution is 7.98. The fourth-order valence-corrected chi connectivity index (χ4v) is 6.70. The van der Waals surface area contributed by atoms with Crippen molar-refractivity contribution >= 4 is 39.2 Å². The number of hydrogen-bond donors (Lipinski definition) is 1. The molecular weight excluding hydrogens is 390 g/mol. The molecule has 2 unspecified atom stereocenters. The molecule has 28 heavy (non-hydrogen) atoms. The molecular formula is C21H29N3O2S2. The number of piperidine rings is 1. The smallest absolute Gasteiger partial charge is 0.259 e. The van der Waals surface area contributed by atoms with E-state index < -0.39 is 0 Å². The number of fused-ring (bicyclic) bond motifs is 3. The van der Waals surface area contributed by atoms with E-state index in [1.165, 1.54) is 29.7 Å². The minimum atomic E-state index is 0.00682. The largest absolute Gasteiger partial charge is 0.342 e. The van der Waals surface area contributed by atoms with Crippen molar-refractivity contribution in [2.75, 3.05) is 18.8 Å². The SMILES string of the molecule is CC1CC(C)CN(C(=O)CCSCc2nc3sc4c(c3c(=O)[nH]2)CCCC4)C1. The molecule has 1 amide bonds. The lowest BCUT2D eigenvalue weighted by atomic mass is 9.92. The number of carbonyl (C=O) groups excluding carboxylic acids is 1. The topological polar surface area (TPSA) is 66.1 Å². The van der Waals surface area contributed by atoms with Crippen molar-refractivity contribution in [3.8, 4) is 0 Å². The van der Waals surface area contributed by atoms with Crippen LogP contribution in [0, 0.1) is 11.8 Å². The average molecular weight is 420 g/mol. The second-order valence-electron chi connectivity index (χ2n) is 8.45. The van der Waals surface area contributed by atoms with Crippen molar-refractivity contribution < 1.29 is 4.79 Å². The van der Waals surface area contributed by atoms with Crippen LogP contribution in [-0.4, -0.2) is 39.6 Å². The predicted octanol–water partition coefficient (Wildman–Crippen LogP) is 3.99. The first-order valence-electron chi connectivity index (χ1n) is 10.4. The molecule has 1 fully saturated rings. The lowest BCUT2D eigenvalue weighted by Gasteiger charge is -2.35. The molecule has 1 N–H and O–H groups in total. The Hall–Kier alpha value is -1.34. The van der Waals surface area contributed by atoms with E-state index in [1.54, 1.807) is 23.1 Å². The Bertz CT molecular complexity index is 910. The second kappa shape index (κ2) is 8.57. The first kappa shape index (κ1) is 20.0. The van der Waals surface area contributed by atoms with E-state index in [9.17, 15) is 9.59 Å². The summed E-state index contributed by atoms with van der Waals surface area (Å²) in [5, 5.41) is 0.817. The third kappa shape index (κ3) is 4.30. The van der Waals surface area contributed by atoms with Gasteiger partial charge in [0.05, 0.1) is 11.1 Å². The van der Waals surface area contributed by atoms with Crippen molar-refractivity contribution in [2.24, 2.45) is 11.8 Å². The first-order valence-corrected chi connectivity index (χ1v) is 12.4. The second-order valence-corrected chi connectivity index (χ2v) is 10.6. The summed E-state index contributed by atoms with van der Waals surface area (Å²) in [6.07, 6.45) is 6.23. The molecule has 1 saturated heterocycles. The predicted molar refractivity (Wildman–Crippen MR) is 117 cm³/mol. The number of aryl methyl sites for hydroxylation is 2. The van der Waals surface area contributed by atoms with Crippen LogP contribution in [0.15, 0.2) is 4.79 Å². The molecule has 0 spiro atoms. The molecule has 152 valence electrons. The maximum absolute atomic E-state index is 12.6. The number of aromatic amines is 1. The molecule has 0 radical (unpaired) electrons. The zero-order valence-electron chi connectivity index (χ0n) is 16.8. The van der Waals surface area contributed by atoms with Crippen molar-refractivity contribution in [1.82, 2.24) is 14.9 Å². The molecule has 4 rings (SSSR count). The number of rotatable bonds is 5. The van der Waals surface area contributed by atoms with Crippen LogP contribution in [0.3, 0.4) is 0 Å². The molecule has 2 aromatic rings. The quantitative estimate of drug-likeness (QED) is 0.744. The highest BCUT2D eigenvalue weighted by Crippen LogP contribution is 2.33. The Kier molecular flexibility index (Phi) is 6.11. The van der Waals surface area contributed by atoms with Gasteiger partial charge in [0.15, 0.2) is 0 Å². The van der Waals surface area contributed by atoms with Gasteiger partial charge in [0.25, 0.3) is 5.56 Å². The molecule has 1 aliphatic heterocycles. The molecule has 3 heterocycles. The monoisotopic (exact) mass is 419 g/mol. The standard InChI is InChI=1S/C21H29N3O2S2/c1-13-9-14(2)11-24(10-13)18(25)7-8-27-12-17-22-20(26)19-15-5-3-4-6-16(15)28-21(19)23-17/h13-14H,3-12H2,1-2H3,(H,22,23,26). The van der Waals surface area contributed by atoms with E-state index in [4.69, 9.17) is 4.98 Å². The lowest BCUT2D eigenvalue weighted by Crippen LogP contribution is -2.42. The van der Waals surface area contributed by atoms with Gasteiger partial charge in [-0.25, -0.2) is 4.98 Å². The molecule has 0 saturated carbocycles. The zero-order chi connectivity index (χ0) is 19.7. The average Bonchev–Trinajstić information content (AvgIpc) is 3.03. The van der Waals surface area contributed by atoms with Crippen LogP contribution in [0.25, 0.3) is 10.2 Å². The first-order chi connectivity index (χ1) is 13.5. The normalized spacial score (nSPS) is 22.4. The maximum atomic E-state index is 12.6. The number of carbonyl (C=O) groups is 1. The van der Waals surface area contributed by atoms with E-state index in [-0.39, 0.29) is 11.5 Å². The summed E-state index contributed by atoms with van der Waals surface area (Å²) in [4.78, 5) is 37.0. The Morgan fingerprint density at radius 1 is 1.25 bits per heavy atom. The number of aromatic nitrogens is 2. The van der Waals surface area contributed by atoms with Crippen LogP contribution >= 0.6 is 23.1 Å². The number of nitrogens with one attached hydrogen (secondary N) is 1. The lowest BCUT2D eigenvalue weighted by molar-refractivity contribution is -0.133. The van der Waals surface area contributed by atoms with Crippen LogP contribution in [0.4, 0.5) is 0 Å². The van der Waals surface area contributed by atoms with Crippen LogP contribution in [0.1, 0.15) is 55.8 Å². The number of thioether (sulfide) groups is 1. The summed E-state index contributed by atoms with van der Waals surface area (Å²) in [7, 11) is 0. The van der Waals surface area contributed by atoms with Crippen molar-refractivity contribution in [2.45, 2.75) is 58.1 Å². The summed E-state index contributed by atoms with van der Waals surface area (Å²) < 4.78 is 0. The molecule has 0 bridgehead atoms.